The molecule has 2 saturated heterocycles. The number of benzene rings is 8. The van der Waals surface area contributed by atoms with E-state index in [1.807, 2.05) is 0 Å². The number of pyridine rings is 2. The molecule has 12 nitrogen and oxygen atoms in total. The summed E-state index contributed by atoms with van der Waals surface area (Å²) < 4.78 is 238. The summed E-state index contributed by atoms with van der Waals surface area (Å²) in [5.74, 6) is -6.26. The lowest BCUT2D eigenvalue weighted by Crippen LogP contribution is -2.48. The Labute approximate surface area is 630 Å². The lowest BCUT2D eigenvalue weighted by molar-refractivity contribution is -0.138. The molecule has 2 aliphatic rings. The Morgan fingerprint density at radius 1 is 0.509 bits per heavy atom. The molecule has 0 unspecified atom stereocenters. The molecule has 2 amide bonds. The normalized spacial score (nSPS) is 15.6. The lowest BCUT2D eigenvalue weighted by Gasteiger charge is -2.39. The van der Waals surface area contributed by atoms with E-state index >= 15 is 4.39 Å². The van der Waals surface area contributed by atoms with E-state index < -0.39 is 140 Å². The number of rotatable bonds is 24. The Bertz CT molecular complexity index is 5430. The van der Waals surface area contributed by atoms with E-state index in [1.165, 1.54) is 54.8 Å². The van der Waals surface area contributed by atoms with Crippen LogP contribution in [0.5, 0.6) is 0 Å². The largest absolute Gasteiger partial charge is 0.416 e. The van der Waals surface area contributed by atoms with E-state index in [1.54, 1.807) is 72.6 Å². The van der Waals surface area contributed by atoms with Gasteiger partial charge in [0.15, 0.2) is 34.1 Å². The van der Waals surface area contributed by atoms with Crippen molar-refractivity contribution in [3.63, 3.8) is 0 Å². The van der Waals surface area contributed by atoms with Crippen LogP contribution in [-0.4, -0.2) is 119 Å². The van der Waals surface area contributed by atoms with E-state index in [0.717, 1.165) is 70.4 Å². The summed E-state index contributed by atoms with van der Waals surface area (Å²) in [7, 11) is 3.22. The Morgan fingerprint density at radius 2 is 0.877 bits per heavy atom. The molecule has 0 N–H and O–H groups in total. The van der Waals surface area contributed by atoms with Crippen molar-refractivity contribution in [1.29, 1.82) is 0 Å². The highest BCUT2D eigenvalue weighted by Crippen LogP contribution is 2.36. The second-order valence-corrected chi connectivity index (χ2v) is 27.4. The summed E-state index contributed by atoms with van der Waals surface area (Å²) in [5, 5.41) is -1.30. The Balaban J connectivity index is 0.000000228. The fourth-order valence-electron chi connectivity index (χ4n) is 12.7. The van der Waals surface area contributed by atoms with Crippen LogP contribution in [0.25, 0.3) is 44.1 Å². The molecule has 8 aromatic carbocycles. The monoisotopic (exact) mass is 1510 g/mol. The van der Waals surface area contributed by atoms with Gasteiger partial charge in [0, 0.05) is 127 Å². The van der Waals surface area contributed by atoms with Crippen LogP contribution in [-0.2, 0) is 69.1 Å². The van der Waals surface area contributed by atoms with Gasteiger partial charge in [-0.25, -0.2) is 17.6 Å². The fraction of sp³-hybridized carbons (Fsp3) is 0.317. The molecule has 0 saturated carbocycles. The Kier molecular flexibility index (Phi) is 21.6. The number of likely N-dealkylation sites (tertiary alicyclic amines) is 2. The minimum atomic E-state index is -4.49. The second kappa shape index (κ2) is 35.1. The first-order valence-corrected chi connectivity index (χ1v) is 35.7. The second-order valence-electron chi connectivity index (χ2n) is 25.7. The van der Waals surface area contributed by atoms with Crippen molar-refractivity contribution in [2.45, 2.75) is 112 Å². The van der Waals surface area contributed by atoms with Gasteiger partial charge in [-0.15, -0.1) is 23.5 Å². The Hall–Kier alpha value is -9.04. The fourth-order valence-corrected chi connectivity index (χ4v) is 14.5. The van der Waals surface area contributed by atoms with E-state index in [-0.39, 0.29) is 92.9 Å². The van der Waals surface area contributed by atoms with Crippen LogP contribution in [0.2, 0.25) is 0 Å². The van der Waals surface area contributed by atoms with Crippen LogP contribution >= 0.6 is 23.5 Å². The minimum absolute atomic E-state index is 0.0176. The summed E-state index contributed by atoms with van der Waals surface area (Å²) >= 11 is 0.994. The van der Waals surface area contributed by atoms with Crippen molar-refractivity contribution in [3.8, 4) is 22.3 Å². The van der Waals surface area contributed by atoms with E-state index in [2.05, 4.69) is 9.80 Å². The van der Waals surface area contributed by atoms with Gasteiger partial charge in [0.05, 0.1) is 56.4 Å². The maximum Gasteiger partial charge on any atom is 0.416 e. The number of ether oxygens (including phenoxy) is 2. The van der Waals surface area contributed by atoms with Crippen LogP contribution in [0.3, 0.4) is 0 Å². The van der Waals surface area contributed by atoms with Crippen molar-refractivity contribution < 1.29 is 76.7 Å². The predicted octanol–water partition coefficient (Wildman–Crippen LogP) is 17.4. The molecule has 0 bridgehead atoms. The molecular formula is C82H80F10N6O6S2. The third-order valence-electron chi connectivity index (χ3n) is 18.5. The Morgan fingerprint density at radius 3 is 1.26 bits per heavy atom. The zero-order chi connectivity index (χ0) is 84.2. The number of thioether (sulfide) groups is 2. The number of hydrogen-bond acceptors (Lipinski definition) is 10. The summed E-state index contributed by atoms with van der Waals surface area (Å²) in [6.07, 6.45) is -6.67. The maximum absolute atomic E-state index is 15.0. The van der Waals surface area contributed by atoms with Gasteiger partial charge in [-0.3, -0.25) is 19.2 Å². The van der Waals surface area contributed by atoms with Crippen molar-refractivity contribution in [1.82, 2.24) is 28.7 Å². The van der Waals surface area contributed by atoms with Gasteiger partial charge in [0.1, 0.15) is 13.1 Å². The number of nitrogens with zero attached hydrogens (tertiary/aromatic N) is 6. The smallest absolute Gasteiger partial charge is 0.383 e. The number of halogens is 10. The van der Waals surface area contributed by atoms with Crippen LogP contribution < -0.4 is 10.9 Å². The highest BCUT2D eigenvalue weighted by molar-refractivity contribution is 7.98. The molecule has 10 aromatic rings. The maximum atomic E-state index is 15.0. The highest BCUT2D eigenvalue weighted by atomic mass is 32.2. The molecule has 0 radical (unpaired) electrons. The zero-order valence-corrected chi connectivity index (χ0v) is 59.7. The van der Waals surface area contributed by atoms with Gasteiger partial charge in [0.25, 0.3) is 0 Å². The average Bonchev–Trinajstić information content (AvgIpc) is 0.735. The highest BCUT2D eigenvalue weighted by Gasteiger charge is 2.34. The predicted molar refractivity (Wildman–Crippen MR) is 395 cm³/mol. The molecule has 24 heteroatoms. The van der Waals surface area contributed by atoms with Crippen LogP contribution in [0.15, 0.2) is 201 Å². The van der Waals surface area contributed by atoms with Crippen molar-refractivity contribution >= 4 is 57.1 Å². The molecule has 0 aliphatic carbocycles. The molecule has 556 valence electrons. The number of hydrogen-bond donors (Lipinski definition) is 0. The van der Waals surface area contributed by atoms with Gasteiger partial charge < -0.3 is 38.2 Å². The van der Waals surface area contributed by atoms with Gasteiger partial charge in [-0.05, 0) is 133 Å². The molecule has 0 atom stereocenters. The first-order valence-electron chi connectivity index (χ1n) is 38.9. The topological polar surface area (TPSA) is 110 Å². The van der Waals surface area contributed by atoms with E-state index in [0.29, 0.717) is 106 Å². The number of carbonyl (C=O) groups is 2. The average molecular weight is 1510 g/mol. The standard InChI is InChI=1S/2C41H40F5N3O3S/c2*1-27-6-15-36-34(22-27)37(50)23-39(53-26-31-4-3-5-35(42)40(31)43)49(36)25-38(51)48(33-16-18-47(19-17-33)20-21-52-2)24-28-7-9-29(10-8-28)30-11-13-32(14-12-30)41(44,45)46/h2*3-15,22-23,33H,16-21,24-26H2,1-2H3/i6D,15D,22D,23D,26D2;6D,15D,22D,23D. The SMILES string of the molecule is [2H]c1c(C)c([2H])c2c(=O)c([2H])c(SC([2H])([2H])c3cccc(F)c3F)n(CC(=O)N(Cc3ccc(-c4ccc(C(F)(F)F)cc4)cc3)C3CCN(CCOC)CC3)c2c1[2H].[2H]c1c(C)c([2H])c2c(=O)c([2H])c(SCc3cccc(F)c3F)n(CC(=O)N(Cc3ccc(-c4ccc(C(F)(F)F)cc4)cc3)C3CCN(CCOC)CC3)c2c1[2H]. The summed E-state index contributed by atoms with van der Waals surface area (Å²) in [6, 6.07) is 25.6. The summed E-state index contributed by atoms with van der Waals surface area (Å²) in [5.41, 5.74) is -3.76. The zero-order valence-electron chi connectivity index (χ0n) is 68.1. The number of fused-ring (bicyclic) bond motifs is 2. The van der Waals surface area contributed by atoms with Crippen LogP contribution in [0.4, 0.5) is 43.9 Å². The van der Waals surface area contributed by atoms with Crippen LogP contribution in [0, 0.1) is 37.1 Å². The molecule has 4 heterocycles. The number of aromatic nitrogens is 2. The first-order chi connectivity index (χ1) is 54.9. The molecule has 2 aromatic heterocycles. The molecule has 106 heavy (non-hydrogen) atoms. The number of alkyl halides is 6. The number of piperidine rings is 2. The number of methoxy groups -OCH3 is 2. The van der Waals surface area contributed by atoms with Crippen LogP contribution in [0.1, 0.15) is 83.9 Å². The number of amides is 2. The number of carbonyl (C=O) groups excluding carboxylic acids is 2. The van der Waals surface area contributed by atoms with Crippen molar-refractivity contribution in [2.24, 2.45) is 0 Å². The van der Waals surface area contributed by atoms with Crippen molar-refractivity contribution in [2.75, 3.05) is 66.7 Å². The van der Waals surface area contributed by atoms with Crippen molar-refractivity contribution in [3.05, 3.63) is 270 Å². The van der Waals surface area contributed by atoms with Gasteiger partial charge in [-0.2, -0.15) is 26.3 Å². The van der Waals surface area contributed by atoms with E-state index in [9.17, 15) is 58.7 Å². The van der Waals surface area contributed by atoms with Gasteiger partial charge >= 0.3 is 12.4 Å². The molecule has 2 fully saturated rings. The minimum Gasteiger partial charge on any atom is -0.383 e. The molecule has 2 aliphatic heterocycles. The third-order valence-corrected chi connectivity index (χ3v) is 20.4. The lowest BCUT2D eigenvalue weighted by atomic mass is 10.00. The molecular weight excluding hydrogens is 1420 g/mol. The van der Waals surface area contributed by atoms with Gasteiger partial charge in [0.2, 0.25) is 11.8 Å². The summed E-state index contributed by atoms with van der Waals surface area (Å²) in [4.78, 5) is 64.8. The molecule has 0 spiro atoms. The third kappa shape index (κ3) is 19.6. The van der Waals surface area contributed by atoms with Gasteiger partial charge in [-0.1, -0.05) is 120 Å². The quantitative estimate of drug-likeness (QED) is 0.0428. The molecule has 12 rings (SSSR count). The van der Waals surface area contributed by atoms with E-state index in [4.69, 9.17) is 23.2 Å². The summed E-state index contributed by atoms with van der Waals surface area (Å²) in [6.45, 7) is 6.77. The first kappa shape index (κ1) is 65.3.